The van der Waals surface area contributed by atoms with Gasteiger partial charge in [-0.1, -0.05) is 43.2 Å². The molecule has 0 N–H and O–H groups in total. The first kappa shape index (κ1) is 19.7. The molecule has 0 aliphatic carbocycles. The van der Waals surface area contributed by atoms with E-state index in [1.807, 2.05) is 23.1 Å². The number of unbranched alkanes of at least 4 members (excludes halogenated alkanes) is 2. The van der Waals surface area contributed by atoms with E-state index in [4.69, 9.17) is 21.1 Å². The Kier molecular flexibility index (Phi) is 6.60. The predicted molar refractivity (Wildman–Crippen MR) is 103 cm³/mol. The topological polar surface area (TPSA) is 38.8 Å². The van der Waals surface area contributed by atoms with Crippen LogP contribution in [0.15, 0.2) is 30.3 Å². The van der Waals surface area contributed by atoms with Gasteiger partial charge in [0.25, 0.3) is 0 Å². The molecule has 2 fully saturated rings. The average molecular weight is 380 g/mol. The monoisotopic (exact) mass is 379 g/mol. The smallest absolute Gasteiger partial charge is 0.225 e. The van der Waals surface area contributed by atoms with Crippen LogP contribution in [-0.2, 0) is 14.3 Å². The van der Waals surface area contributed by atoms with Gasteiger partial charge in [0.1, 0.15) is 11.8 Å². The van der Waals surface area contributed by atoms with Crippen LogP contribution in [0.5, 0.6) is 0 Å². The number of hydrogen-bond acceptors (Lipinski definition) is 3. The van der Waals surface area contributed by atoms with Crippen molar-refractivity contribution in [2.24, 2.45) is 5.92 Å². The zero-order valence-corrected chi connectivity index (χ0v) is 16.6. The van der Waals surface area contributed by atoms with Gasteiger partial charge in [0, 0.05) is 19.4 Å². The fourth-order valence-corrected chi connectivity index (χ4v) is 4.81. The van der Waals surface area contributed by atoms with Gasteiger partial charge in [-0.05, 0) is 37.7 Å². The summed E-state index contributed by atoms with van der Waals surface area (Å²) in [5.74, 6) is 1.30. The zero-order chi connectivity index (χ0) is 18.6. The first-order valence-electron chi connectivity index (χ1n) is 9.69. The molecule has 0 saturated carbocycles. The number of fused-ring (bicyclic) bond motifs is 1. The number of carbonyl (C=O) groups excluding carboxylic acids is 1. The number of ether oxygens (including phenoxy) is 2. The maximum absolute atomic E-state index is 13.0. The molecular weight excluding hydrogens is 350 g/mol. The van der Waals surface area contributed by atoms with E-state index in [0.717, 1.165) is 43.5 Å². The standard InChI is InChI=1S/C21H30ClNO3/c1-21-14-16(9-5-4-8-12-22)13-19(24)23(21)18(15-25-2)20(26-21)17-10-6-3-7-11-17/h3,6-7,10-11,16,18,20H,4-5,8-9,12-15H2,1-2H3/t16-,18+,20+,21-/m1/s1. The van der Waals surface area contributed by atoms with Gasteiger partial charge in [-0.2, -0.15) is 0 Å². The molecule has 26 heavy (non-hydrogen) atoms. The van der Waals surface area contributed by atoms with Crippen LogP contribution in [-0.4, -0.2) is 42.2 Å². The summed E-state index contributed by atoms with van der Waals surface area (Å²) in [6.45, 7) is 2.56. The molecule has 1 aromatic rings. The van der Waals surface area contributed by atoms with Crippen LogP contribution in [0.4, 0.5) is 0 Å². The number of carbonyl (C=O) groups is 1. The maximum Gasteiger partial charge on any atom is 0.225 e. The minimum atomic E-state index is -0.545. The van der Waals surface area contributed by atoms with Crippen molar-refractivity contribution in [3.8, 4) is 0 Å². The van der Waals surface area contributed by atoms with E-state index < -0.39 is 5.72 Å². The summed E-state index contributed by atoms with van der Waals surface area (Å²) < 4.78 is 12.0. The minimum absolute atomic E-state index is 0.0721. The predicted octanol–water partition coefficient (Wildman–Crippen LogP) is 4.53. The van der Waals surface area contributed by atoms with Crippen LogP contribution in [0.3, 0.4) is 0 Å². The van der Waals surface area contributed by atoms with Gasteiger partial charge in [-0.3, -0.25) is 4.79 Å². The number of hydrogen-bond donors (Lipinski definition) is 0. The van der Waals surface area contributed by atoms with E-state index in [1.54, 1.807) is 7.11 Å². The lowest BCUT2D eigenvalue weighted by molar-refractivity contribution is -0.166. The fraction of sp³-hybridized carbons (Fsp3) is 0.667. The number of methoxy groups -OCH3 is 1. The van der Waals surface area contributed by atoms with Gasteiger partial charge in [0.15, 0.2) is 0 Å². The lowest BCUT2D eigenvalue weighted by atomic mass is 9.84. The van der Waals surface area contributed by atoms with Crippen molar-refractivity contribution in [1.82, 2.24) is 4.90 Å². The van der Waals surface area contributed by atoms with Gasteiger partial charge in [0.2, 0.25) is 5.91 Å². The number of nitrogens with zero attached hydrogens (tertiary/aromatic N) is 1. The summed E-state index contributed by atoms with van der Waals surface area (Å²) in [5.41, 5.74) is 0.563. The van der Waals surface area contributed by atoms with Gasteiger partial charge in [-0.25, -0.2) is 0 Å². The van der Waals surface area contributed by atoms with E-state index in [0.29, 0.717) is 18.9 Å². The first-order chi connectivity index (χ1) is 12.6. The number of amides is 1. The molecule has 144 valence electrons. The molecule has 4 nitrogen and oxygen atoms in total. The van der Waals surface area contributed by atoms with Crippen LogP contribution in [0, 0.1) is 5.92 Å². The molecule has 4 atom stereocenters. The number of piperidine rings is 1. The number of rotatable bonds is 8. The highest BCUT2D eigenvalue weighted by atomic mass is 35.5. The summed E-state index contributed by atoms with van der Waals surface area (Å²) >= 11 is 5.77. The normalized spacial score (nSPS) is 31.3. The molecule has 0 bridgehead atoms. The van der Waals surface area contributed by atoms with Crippen molar-refractivity contribution in [2.45, 2.75) is 63.3 Å². The van der Waals surface area contributed by atoms with Crippen LogP contribution < -0.4 is 0 Å². The van der Waals surface area contributed by atoms with Crippen molar-refractivity contribution in [2.75, 3.05) is 19.6 Å². The molecule has 2 saturated heterocycles. The Balaban J connectivity index is 1.76. The SMILES string of the molecule is COC[C@H]1[C@H](c2ccccc2)O[C@]2(C)C[C@H](CCCCCCl)CC(=O)N12. The largest absolute Gasteiger partial charge is 0.382 e. The molecule has 0 unspecified atom stereocenters. The number of benzene rings is 1. The summed E-state index contributed by atoms with van der Waals surface area (Å²) in [5, 5.41) is 0. The lowest BCUT2D eigenvalue weighted by Crippen LogP contribution is -2.55. The third-order valence-electron chi connectivity index (χ3n) is 5.68. The molecule has 1 amide bonds. The van der Waals surface area contributed by atoms with Gasteiger partial charge < -0.3 is 14.4 Å². The molecule has 0 spiro atoms. The Labute approximate surface area is 161 Å². The Bertz CT molecular complexity index is 596. The molecule has 1 aromatic carbocycles. The number of halogens is 1. The van der Waals surface area contributed by atoms with E-state index in [2.05, 4.69) is 19.1 Å². The van der Waals surface area contributed by atoms with Crippen LogP contribution >= 0.6 is 11.6 Å². The van der Waals surface area contributed by atoms with Crippen molar-refractivity contribution < 1.29 is 14.3 Å². The van der Waals surface area contributed by atoms with Crippen LogP contribution in [0.1, 0.15) is 57.1 Å². The second-order valence-electron chi connectivity index (χ2n) is 7.72. The summed E-state index contributed by atoms with van der Waals surface area (Å²) in [6, 6.07) is 10.1. The molecule has 0 aromatic heterocycles. The summed E-state index contributed by atoms with van der Waals surface area (Å²) in [6.07, 6.45) is 5.75. The second-order valence-corrected chi connectivity index (χ2v) is 8.10. The van der Waals surface area contributed by atoms with E-state index in [9.17, 15) is 4.79 Å². The van der Waals surface area contributed by atoms with E-state index in [1.165, 1.54) is 0 Å². The lowest BCUT2D eigenvalue weighted by Gasteiger charge is -2.43. The zero-order valence-electron chi connectivity index (χ0n) is 15.8. The van der Waals surface area contributed by atoms with Gasteiger partial charge >= 0.3 is 0 Å². The molecule has 0 radical (unpaired) electrons. The van der Waals surface area contributed by atoms with Crippen molar-refractivity contribution in [3.05, 3.63) is 35.9 Å². The van der Waals surface area contributed by atoms with Crippen molar-refractivity contribution >= 4 is 17.5 Å². The average Bonchev–Trinajstić information content (AvgIpc) is 2.93. The quantitative estimate of drug-likeness (QED) is 0.492. The van der Waals surface area contributed by atoms with Crippen molar-refractivity contribution in [3.63, 3.8) is 0 Å². The highest BCUT2D eigenvalue weighted by Crippen LogP contribution is 2.48. The van der Waals surface area contributed by atoms with Crippen LogP contribution in [0.25, 0.3) is 0 Å². The third-order valence-corrected chi connectivity index (χ3v) is 5.95. The fourth-order valence-electron chi connectivity index (χ4n) is 4.62. The highest BCUT2D eigenvalue weighted by molar-refractivity contribution is 6.17. The van der Waals surface area contributed by atoms with Gasteiger partial charge in [0.05, 0.1) is 12.6 Å². The molecule has 5 heteroatoms. The highest BCUT2D eigenvalue weighted by Gasteiger charge is 2.55. The maximum atomic E-state index is 13.0. The molecule has 2 aliphatic rings. The molecular formula is C21H30ClNO3. The second kappa shape index (κ2) is 8.73. The van der Waals surface area contributed by atoms with E-state index in [-0.39, 0.29) is 18.1 Å². The van der Waals surface area contributed by atoms with E-state index >= 15 is 0 Å². The Morgan fingerprint density at radius 2 is 2.04 bits per heavy atom. The first-order valence-corrected chi connectivity index (χ1v) is 10.2. The minimum Gasteiger partial charge on any atom is -0.382 e. The summed E-state index contributed by atoms with van der Waals surface area (Å²) in [7, 11) is 1.69. The molecule has 2 aliphatic heterocycles. The molecule has 2 heterocycles. The summed E-state index contributed by atoms with van der Waals surface area (Å²) in [4.78, 5) is 15.0. The van der Waals surface area contributed by atoms with Crippen molar-refractivity contribution in [1.29, 1.82) is 0 Å². The molecule has 3 rings (SSSR count). The Morgan fingerprint density at radius 1 is 1.27 bits per heavy atom. The van der Waals surface area contributed by atoms with Gasteiger partial charge in [-0.15, -0.1) is 11.6 Å². The Hall–Kier alpha value is -1.10. The Morgan fingerprint density at radius 3 is 2.73 bits per heavy atom. The van der Waals surface area contributed by atoms with Crippen LogP contribution in [0.2, 0.25) is 0 Å². The number of alkyl halides is 1. The third kappa shape index (κ3) is 4.08.